The third-order valence-corrected chi connectivity index (χ3v) is 11.5. The topological polar surface area (TPSA) is 216 Å². The van der Waals surface area contributed by atoms with E-state index in [1.54, 1.807) is 48.5 Å². The fourth-order valence-corrected chi connectivity index (χ4v) is 7.51. The Balaban J connectivity index is 1.21. The van der Waals surface area contributed by atoms with Gasteiger partial charge in [0.2, 0.25) is 11.6 Å². The smallest absolute Gasteiger partial charge is 0.461 e. The first kappa shape index (κ1) is 57.5. The van der Waals surface area contributed by atoms with Gasteiger partial charge in [-0.1, -0.05) is 60.7 Å². The minimum Gasteiger partial charge on any atom is -0.493 e. The summed E-state index contributed by atoms with van der Waals surface area (Å²) in [6, 6.07) is 29.2. The van der Waals surface area contributed by atoms with Gasteiger partial charge in [0.15, 0.2) is 28.8 Å². The summed E-state index contributed by atoms with van der Waals surface area (Å²) in [5, 5.41) is 24.4. The lowest BCUT2D eigenvalue weighted by atomic mass is 9.65. The Morgan fingerprint density at radius 3 is 1.27 bits per heavy atom. The second kappa shape index (κ2) is 24.3. The highest BCUT2D eigenvalue weighted by molar-refractivity contribution is 6.01. The first-order valence-electron chi connectivity index (χ1n) is 22.6. The number of nitrogens with two attached hydrogens (primary N) is 2. The molecule has 0 atom stereocenters. The number of hydrogen-bond donors (Lipinski definition) is 4. The summed E-state index contributed by atoms with van der Waals surface area (Å²) in [6.07, 6.45) is -14.5. The van der Waals surface area contributed by atoms with Crippen LogP contribution in [0.25, 0.3) is 12.2 Å². The van der Waals surface area contributed by atoms with Gasteiger partial charge in [-0.05, 0) is 132 Å². The maximum atomic E-state index is 14.2. The van der Waals surface area contributed by atoms with E-state index in [4.69, 9.17) is 30.4 Å². The molecule has 0 saturated carbocycles. The van der Waals surface area contributed by atoms with Gasteiger partial charge in [-0.2, -0.15) is 35.1 Å². The van der Waals surface area contributed by atoms with Crippen molar-refractivity contribution in [2.45, 2.75) is 50.1 Å². The van der Waals surface area contributed by atoms with Crippen LogP contribution in [0.2, 0.25) is 0 Å². The monoisotopic (exact) mass is 1080 g/mol. The Kier molecular flexibility index (Phi) is 18.1. The number of anilines is 2. The molecule has 77 heavy (non-hydrogen) atoms. The average molecular weight is 1080 g/mol. The van der Waals surface area contributed by atoms with Crippen LogP contribution < -0.4 is 39.9 Å². The van der Waals surface area contributed by atoms with Crippen molar-refractivity contribution in [2.24, 2.45) is 5.41 Å². The van der Waals surface area contributed by atoms with Crippen LogP contribution in [0.1, 0.15) is 49.4 Å². The standard InChI is InChI=1S/C55H46F8N2O12/c1-72-45-27-36(13-24-43(45)76-54(60,61)50(56)57)48(68)74-41-20-8-32(9-21-41)7-19-40(66)31-52(29-34-3-15-38(64)16-4-34,30-35-5-17-39(65)18-6-35)53(70,71)47(67)26-12-33-10-22-42(23-11-33)75-49(69)37-14-25-44(46(28-37)73-2)77-55(62,63)51(58)59/h3-28,50-51,70-71H,29-31,64-65H2,1-2H3/b19-7+,26-12+. The molecule has 0 amide bonds. The molecule has 0 aliphatic rings. The maximum Gasteiger partial charge on any atom is 0.461 e. The van der Waals surface area contributed by atoms with Crippen LogP contribution >= 0.6 is 0 Å². The molecule has 0 bridgehead atoms. The molecule has 0 unspecified atom stereocenters. The van der Waals surface area contributed by atoms with E-state index in [1.807, 2.05) is 0 Å². The molecule has 0 saturated heterocycles. The molecule has 14 nitrogen and oxygen atoms in total. The van der Waals surface area contributed by atoms with Crippen LogP contribution in [-0.4, -0.2) is 78.8 Å². The number of hydrogen-bond acceptors (Lipinski definition) is 14. The highest BCUT2D eigenvalue weighted by Crippen LogP contribution is 2.43. The zero-order valence-electron chi connectivity index (χ0n) is 40.4. The molecular formula is C55H46F8N2O12. The second-order valence-corrected chi connectivity index (χ2v) is 17.0. The van der Waals surface area contributed by atoms with Gasteiger partial charge in [-0.15, -0.1) is 0 Å². The fraction of sp³-hybridized carbons (Fsp3) is 0.200. The molecule has 22 heteroatoms. The molecule has 0 radical (unpaired) electrons. The number of benzene rings is 6. The third-order valence-electron chi connectivity index (χ3n) is 11.5. The van der Waals surface area contributed by atoms with Crippen molar-refractivity contribution in [3.8, 4) is 34.5 Å². The molecule has 6 aromatic rings. The highest BCUT2D eigenvalue weighted by atomic mass is 19.3. The van der Waals surface area contributed by atoms with Crippen molar-refractivity contribution in [2.75, 3.05) is 25.7 Å². The third kappa shape index (κ3) is 14.8. The van der Waals surface area contributed by atoms with Crippen LogP contribution in [0.5, 0.6) is 34.5 Å². The van der Waals surface area contributed by atoms with E-state index in [1.165, 1.54) is 60.7 Å². The van der Waals surface area contributed by atoms with Crippen molar-refractivity contribution >= 4 is 47.0 Å². The molecule has 6 aromatic carbocycles. The molecule has 0 aliphatic heterocycles. The number of esters is 2. The average Bonchev–Trinajstić information content (AvgIpc) is 3.39. The molecule has 0 aromatic heterocycles. The van der Waals surface area contributed by atoms with Gasteiger partial charge >= 0.3 is 37.0 Å². The number of ketones is 2. The van der Waals surface area contributed by atoms with E-state index in [-0.39, 0.29) is 35.5 Å². The Bertz CT molecular complexity index is 3070. The van der Waals surface area contributed by atoms with Gasteiger partial charge < -0.3 is 50.1 Å². The SMILES string of the molecule is COc1cc(C(=O)Oc2ccc(/C=C/C(=O)CC(Cc3ccc(N)cc3)(Cc3ccc(N)cc3)C(O)(O)C(=O)/C=C/c3ccc(OC(=O)c4ccc(OC(F)(F)C(F)F)c(OC)c4)cc3)cc2)ccc1OC(F)(F)C(F)F. The number of ether oxygens (including phenoxy) is 6. The number of alkyl halides is 8. The molecule has 0 aliphatic carbocycles. The van der Waals surface area contributed by atoms with Gasteiger partial charge in [0.05, 0.1) is 25.3 Å². The summed E-state index contributed by atoms with van der Waals surface area (Å²) in [4.78, 5) is 54.1. The molecule has 6 rings (SSSR count). The van der Waals surface area contributed by atoms with Gasteiger partial charge in [0.25, 0.3) is 0 Å². The molecular weight excluding hydrogens is 1030 g/mol. The molecule has 404 valence electrons. The maximum absolute atomic E-state index is 14.2. The summed E-state index contributed by atoms with van der Waals surface area (Å²) in [5.74, 6) is -9.66. The molecule has 0 spiro atoms. The molecule has 0 heterocycles. The molecule has 6 N–H and O–H groups in total. The molecule has 0 fully saturated rings. The van der Waals surface area contributed by atoms with E-state index in [0.717, 1.165) is 62.8 Å². The summed E-state index contributed by atoms with van der Waals surface area (Å²) in [7, 11) is 2.08. The lowest BCUT2D eigenvalue weighted by molar-refractivity contribution is -0.253. The van der Waals surface area contributed by atoms with Crippen molar-refractivity contribution in [3.63, 3.8) is 0 Å². The van der Waals surface area contributed by atoms with Crippen LogP contribution in [0.3, 0.4) is 0 Å². The quantitative estimate of drug-likeness (QED) is 0.0111. The number of halogens is 8. The Morgan fingerprint density at radius 2 is 0.909 bits per heavy atom. The van der Waals surface area contributed by atoms with Crippen LogP contribution in [0.15, 0.2) is 146 Å². The Morgan fingerprint density at radius 1 is 0.532 bits per heavy atom. The first-order valence-corrected chi connectivity index (χ1v) is 22.6. The highest BCUT2D eigenvalue weighted by Gasteiger charge is 2.54. The number of carbonyl (C=O) groups excluding carboxylic acids is 4. The fourth-order valence-electron chi connectivity index (χ4n) is 7.51. The van der Waals surface area contributed by atoms with Gasteiger partial charge in [0.1, 0.15) is 11.5 Å². The van der Waals surface area contributed by atoms with Crippen molar-refractivity contribution < 1.29 is 92.9 Å². The van der Waals surface area contributed by atoms with Crippen LogP contribution in [0.4, 0.5) is 46.5 Å². The number of nitrogen functional groups attached to an aromatic ring is 2. The predicted molar refractivity (Wildman–Crippen MR) is 263 cm³/mol. The number of methoxy groups -OCH3 is 2. The van der Waals surface area contributed by atoms with Crippen molar-refractivity contribution in [3.05, 3.63) is 179 Å². The summed E-state index contributed by atoms with van der Waals surface area (Å²) >= 11 is 0. The van der Waals surface area contributed by atoms with E-state index in [2.05, 4.69) is 9.47 Å². The van der Waals surface area contributed by atoms with Crippen molar-refractivity contribution in [1.82, 2.24) is 0 Å². The minimum atomic E-state index is -4.84. The van der Waals surface area contributed by atoms with Crippen LogP contribution in [0, 0.1) is 5.41 Å². The van der Waals surface area contributed by atoms with Gasteiger partial charge in [-0.3, -0.25) is 9.59 Å². The predicted octanol–water partition coefficient (Wildman–Crippen LogP) is 10.2. The summed E-state index contributed by atoms with van der Waals surface area (Å²) in [6.45, 7) is 0. The summed E-state index contributed by atoms with van der Waals surface area (Å²) in [5.41, 5.74) is 11.8. The van der Waals surface area contributed by atoms with Crippen molar-refractivity contribution in [1.29, 1.82) is 0 Å². The van der Waals surface area contributed by atoms with Gasteiger partial charge in [-0.25, -0.2) is 9.59 Å². The largest absolute Gasteiger partial charge is 0.493 e. The normalized spacial score (nSPS) is 12.2. The Labute approximate surface area is 433 Å². The lowest BCUT2D eigenvalue weighted by Gasteiger charge is -2.42. The van der Waals surface area contributed by atoms with Gasteiger partial charge in [0, 0.05) is 23.2 Å². The van der Waals surface area contributed by atoms with E-state index in [9.17, 15) is 64.5 Å². The Hall–Kier alpha value is -8.76. The van der Waals surface area contributed by atoms with E-state index in [0.29, 0.717) is 33.6 Å². The number of aliphatic hydroxyl groups is 2. The van der Waals surface area contributed by atoms with E-state index < -0.39 is 89.2 Å². The van der Waals surface area contributed by atoms with Crippen LogP contribution in [-0.2, 0) is 22.4 Å². The second-order valence-electron chi connectivity index (χ2n) is 17.0. The van der Waals surface area contributed by atoms with E-state index >= 15 is 0 Å². The summed E-state index contributed by atoms with van der Waals surface area (Å²) < 4.78 is 134. The number of carbonyl (C=O) groups is 4. The zero-order chi connectivity index (χ0) is 56.3. The number of allylic oxidation sites excluding steroid dienone is 1. The number of rotatable bonds is 24. The lowest BCUT2D eigenvalue weighted by Crippen LogP contribution is -2.57. The minimum absolute atomic E-state index is 0.00627. The first-order chi connectivity index (χ1) is 36.3. The zero-order valence-corrected chi connectivity index (χ0v) is 40.4.